The summed E-state index contributed by atoms with van der Waals surface area (Å²) in [6.45, 7) is 2.27. The molecule has 0 spiro atoms. The molecule has 0 aliphatic carbocycles. The number of allylic oxidation sites excluding steroid dienone is 4. The van der Waals surface area contributed by atoms with Crippen molar-refractivity contribution in [2.24, 2.45) is 0 Å². The van der Waals surface area contributed by atoms with Crippen molar-refractivity contribution in [2.75, 3.05) is 0 Å². The molecule has 0 bridgehead atoms. The Morgan fingerprint density at radius 1 is 0.881 bits per heavy atom. The molecule has 0 radical (unpaired) electrons. The van der Waals surface area contributed by atoms with E-state index >= 15 is 0 Å². The summed E-state index contributed by atoms with van der Waals surface area (Å²) in [6, 6.07) is 18.9. The van der Waals surface area contributed by atoms with Crippen molar-refractivity contribution in [3.63, 3.8) is 0 Å². The van der Waals surface area contributed by atoms with E-state index in [1.165, 1.54) is 67.8 Å². The zero-order valence-electron chi connectivity index (χ0n) is 25.3. The number of benzene rings is 2. The minimum atomic E-state index is 0.443. The molecule has 2 heterocycles. The first-order valence-corrected chi connectivity index (χ1v) is 16.4. The van der Waals surface area contributed by atoms with E-state index in [-0.39, 0.29) is 0 Å². The second-order valence-electron chi connectivity index (χ2n) is 11.5. The summed E-state index contributed by atoms with van der Waals surface area (Å²) in [6.07, 6.45) is 27.7. The second-order valence-corrected chi connectivity index (χ2v) is 11.9. The lowest BCUT2D eigenvalue weighted by Crippen LogP contribution is -2.03. The first-order valence-electron chi connectivity index (χ1n) is 16.1. The molecule has 4 heteroatoms. The zero-order chi connectivity index (χ0) is 29.4. The molecule has 4 rings (SSSR count). The van der Waals surface area contributed by atoms with Gasteiger partial charge in [0, 0.05) is 45.2 Å². The average Bonchev–Trinajstić information content (AvgIpc) is 3.43. The van der Waals surface area contributed by atoms with Gasteiger partial charge in [-0.1, -0.05) is 99.5 Å². The highest BCUT2D eigenvalue weighted by atomic mass is 35.5. The third-order valence-corrected chi connectivity index (χ3v) is 8.55. The summed E-state index contributed by atoms with van der Waals surface area (Å²) in [7, 11) is 0. The molecule has 0 aliphatic rings. The van der Waals surface area contributed by atoms with Crippen molar-refractivity contribution in [3.8, 4) is 6.07 Å². The molecule has 0 amide bonds. The van der Waals surface area contributed by atoms with Crippen molar-refractivity contribution in [2.45, 2.75) is 103 Å². The number of H-pyrrole nitrogens is 1. The predicted octanol–water partition coefficient (Wildman–Crippen LogP) is 12.1. The SMILES string of the molecule is CCCCCCCC/C=C\CCCC(CCCC/C=C(\C#N)c1c[nH]c2ccc(Cl)cc12)c1nccc2ccccc12. The topological polar surface area (TPSA) is 52.5 Å². The van der Waals surface area contributed by atoms with Crippen LogP contribution in [0.3, 0.4) is 0 Å². The lowest BCUT2D eigenvalue weighted by molar-refractivity contribution is 0.518. The van der Waals surface area contributed by atoms with Gasteiger partial charge in [0.05, 0.1) is 17.3 Å². The Morgan fingerprint density at radius 2 is 1.64 bits per heavy atom. The van der Waals surface area contributed by atoms with Gasteiger partial charge in [0.2, 0.25) is 0 Å². The second kappa shape index (κ2) is 17.6. The maximum Gasteiger partial charge on any atom is 0.0995 e. The van der Waals surface area contributed by atoms with Crippen LogP contribution in [0.1, 0.15) is 114 Å². The summed E-state index contributed by atoms with van der Waals surface area (Å²) in [4.78, 5) is 8.16. The highest BCUT2D eigenvalue weighted by molar-refractivity contribution is 6.31. The molecule has 42 heavy (non-hydrogen) atoms. The summed E-state index contributed by atoms with van der Waals surface area (Å²) >= 11 is 6.23. The number of hydrogen-bond donors (Lipinski definition) is 1. The highest BCUT2D eigenvalue weighted by Gasteiger charge is 2.16. The quantitative estimate of drug-likeness (QED) is 0.0723. The van der Waals surface area contributed by atoms with Crippen LogP contribution < -0.4 is 0 Å². The summed E-state index contributed by atoms with van der Waals surface area (Å²) < 4.78 is 0. The van der Waals surface area contributed by atoms with Crippen LogP contribution in [0.4, 0.5) is 0 Å². The maximum atomic E-state index is 9.87. The van der Waals surface area contributed by atoms with E-state index in [1.807, 2.05) is 30.6 Å². The van der Waals surface area contributed by atoms with Gasteiger partial charge in [0.25, 0.3) is 0 Å². The molecule has 1 atom stereocenters. The molecule has 220 valence electrons. The van der Waals surface area contributed by atoms with Gasteiger partial charge < -0.3 is 4.98 Å². The van der Waals surface area contributed by atoms with E-state index < -0.39 is 0 Å². The van der Waals surface area contributed by atoms with E-state index in [9.17, 15) is 5.26 Å². The van der Waals surface area contributed by atoms with Gasteiger partial charge in [-0.15, -0.1) is 0 Å². The smallest absolute Gasteiger partial charge is 0.0995 e. The van der Waals surface area contributed by atoms with Crippen LogP contribution in [0.15, 0.2) is 79.2 Å². The standard InChI is InChI=1S/C38H46ClN3/c1-2-3-4-5-6-7-8-9-10-11-13-19-31(38-34-22-17-16-18-30(34)25-26-41-38)20-14-12-15-21-32(28-40)36-29-42-37-24-23-33(39)27-35(36)37/h9-10,16-18,21-27,29,31,42H,2-8,11-15,19-20H2,1H3/b10-9-,32-21+. The Bertz CT molecular complexity index is 1480. The number of pyridine rings is 1. The van der Waals surface area contributed by atoms with E-state index in [0.29, 0.717) is 16.5 Å². The largest absolute Gasteiger partial charge is 0.361 e. The number of unbranched alkanes of at least 4 members (excludes halogenated alkanes) is 9. The van der Waals surface area contributed by atoms with Gasteiger partial charge in [-0.3, -0.25) is 4.98 Å². The van der Waals surface area contributed by atoms with Crippen LogP contribution in [-0.4, -0.2) is 9.97 Å². The van der Waals surface area contributed by atoms with Gasteiger partial charge in [-0.25, -0.2) is 0 Å². The van der Waals surface area contributed by atoms with Crippen LogP contribution >= 0.6 is 11.6 Å². The number of nitrogens with zero attached hydrogens (tertiary/aromatic N) is 2. The molecule has 2 aromatic carbocycles. The number of nitriles is 1. The third-order valence-electron chi connectivity index (χ3n) is 8.32. The van der Waals surface area contributed by atoms with E-state index in [1.54, 1.807) is 0 Å². The lowest BCUT2D eigenvalue weighted by Gasteiger charge is -2.18. The number of hydrogen-bond acceptors (Lipinski definition) is 2. The van der Waals surface area contributed by atoms with E-state index in [4.69, 9.17) is 16.6 Å². The lowest BCUT2D eigenvalue weighted by atomic mass is 9.89. The molecule has 0 saturated carbocycles. The zero-order valence-corrected chi connectivity index (χ0v) is 26.0. The summed E-state index contributed by atoms with van der Waals surface area (Å²) in [5, 5.41) is 14.1. The van der Waals surface area contributed by atoms with Gasteiger partial charge in [0.15, 0.2) is 0 Å². The van der Waals surface area contributed by atoms with Gasteiger partial charge >= 0.3 is 0 Å². The first-order chi connectivity index (χ1) is 20.7. The number of halogens is 1. The number of nitrogens with one attached hydrogen (secondary N) is 1. The van der Waals surface area contributed by atoms with Crippen LogP contribution in [0.2, 0.25) is 5.02 Å². The van der Waals surface area contributed by atoms with Crippen LogP contribution in [0, 0.1) is 11.3 Å². The number of aromatic nitrogens is 2. The molecule has 3 nitrogen and oxygen atoms in total. The van der Waals surface area contributed by atoms with Gasteiger partial charge in [0.1, 0.15) is 0 Å². The number of fused-ring (bicyclic) bond motifs is 2. The van der Waals surface area contributed by atoms with Crippen molar-refractivity contribution in [1.29, 1.82) is 5.26 Å². The van der Waals surface area contributed by atoms with Crippen LogP contribution in [-0.2, 0) is 0 Å². The fraction of sp³-hybridized carbons (Fsp3) is 0.421. The molecular formula is C38H46ClN3. The summed E-state index contributed by atoms with van der Waals surface area (Å²) in [5.41, 5.74) is 3.88. The first kappa shape index (κ1) is 31.6. The van der Waals surface area contributed by atoms with Crippen molar-refractivity contribution in [3.05, 3.63) is 95.4 Å². The van der Waals surface area contributed by atoms with Crippen LogP contribution in [0.25, 0.3) is 27.2 Å². The Kier molecular flexibility index (Phi) is 13.2. The van der Waals surface area contributed by atoms with Crippen molar-refractivity contribution in [1.82, 2.24) is 9.97 Å². The average molecular weight is 580 g/mol. The fourth-order valence-corrected chi connectivity index (χ4v) is 6.13. The maximum absolute atomic E-state index is 9.87. The predicted molar refractivity (Wildman–Crippen MR) is 181 cm³/mol. The van der Waals surface area contributed by atoms with E-state index in [2.05, 4.69) is 66.5 Å². The Hall–Kier alpha value is -3.35. The molecule has 1 N–H and O–H groups in total. The Balaban J connectivity index is 1.31. The Labute approximate surface area is 257 Å². The number of aromatic amines is 1. The molecule has 0 saturated heterocycles. The molecule has 0 fully saturated rings. The summed E-state index contributed by atoms with van der Waals surface area (Å²) in [5.74, 6) is 0.443. The monoisotopic (exact) mass is 579 g/mol. The van der Waals surface area contributed by atoms with Crippen molar-refractivity contribution >= 4 is 38.8 Å². The molecule has 0 aliphatic heterocycles. The molecular weight excluding hydrogens is 534 g/mol. The number of rotatable bonds is 18. The van der Waals surface area contributed by atoms with Crippen molar-refractivity contribution < 1.29 is 0 Å². The van der Waals surface area contributed by atoms with E-state index in [0.717, 1.165) is 55.0 Å². The molecule has 1 unspecified atom stereocenters. The molecule has 2 aromatic heterocycles. The highest BCUT2D eigenvalue weighted by Crippen LogP contribution is 2.32. The van der Waals surface area contributed by atoms with Crippen LogP contribution in [0.5, 0.6) is 0 Å². The van der Waals surface area contributed by atoms with Gasteiger partial charge in [-0.2, -0.15) is 5.26 Å². The van der Waals surface area contributed by atoms with Gasteiger partial charge in [-0.05, 0) is 81.0 Å². The minimum absolute atomic E-state index is 0.443. The third kappa shape index (κ3) is 9.33. The fourth-order valence-electron chi connectivity index (χ4n) is 5.96. The Morgan fingerprint density at radius 3 is 2.50 bits per heavy atom. The molecule has 4 aromatic rings. The normalized spacial score (nSPS) is 12.8. The minimum Gasteiger partial charge on any atom is -0.361 e.